The van der Waals surface area contributed by atoms with Gasteiger partial charge in [-0.15, -0.1) is 0 Å². The van der Waals surface area contributed by atoms with Crippen molar-refractivity contribution in [3.05, 3.63) is 0 Å². The number of amidine groups is 1. The summed E-state index contributed by atoms with van der Waals surface area (Å²) in [5.41, 5.74) is 11.1. The first-order chi connectivity index (χ1) is 4.75. The molecule has 1 aliphatic carbocycles. The number of hydrogen-bond acceptors (Lipinski definition) is 3. The minimum Gasteiger partial charge on any atom is -0.409 e. The van der Waals surface area contributed by atoms with Crippen LogP contribution in [0.5, 0.6) is 0 Å². The smallest absolute Gasteiger partial charge is 0.143 e. The lowest BCUT2D eigenvalue weighted by Crippen LogP contribution is -2.35. The van der Waals surface area contributed by atoms with E-state index in [0.717, 1.165) is 19.3 Å². The number of oxime groups is 1. The van der Waals surface area contributed by atoms with Crippen molar-refractivity contribution in [3.8, 4) is 0 Å². The van der Waals surface area contributed by atoms with Gasteiger partial charge in [-0.1, -0.05) is 11.6 Å². The topological polar surface area (TPSA) is 84.6 Å². The molecule has 0 aromatic carbocycles. The van der Waals surface area contributed by atoms with E-state index >= 15 is 0 Å². The van der Waals surface area contributed by atoms with Gasteiger partial charge in [0.2, 0.25) is 0 Å². The van der Waals surface area contributed by atoms with Crippen LogP contribution in [0.4, 0.5) is 0 Å². The minimum atomic E-state index is 0.0934. The average Bonchev–Trinajstić information content (AvgIpc) is 2.34. The molecule has 0 amide bonds. The predicted molar refractivity (Wildman–Crippen MR) is 38.7 cm³/mol. The van der Waals surface area contributed by atoms with E-state index in [9.17, 15) is 0 Å². The summed E-state index contributed by atoms with van der Waals surface area (Å²) in [5, 5.41) is 11.3. The molecule has 0 aromatic rings. The molecule has 1 rings (SSSR count). The van der Waals surface area contributed by atoms with Crippen LogP contribution in [-0.2, 0) is 0 Å². The van der Waals surface area contributed by atoms with Gasteiger partial charge in [0.15, 0.2) is 0 Å². The maximum Gasteiger partial charge on any atom is 0.143 e. The first kappa shape index (κ1) is 7.34. The molecule has 1 saturated carbocycles. The van der Waals surface area contributed by atoms with Crippen molar-refractivity contribution in [1.29, 1.82) is 0 Å². The van der Waals surface area contributed by atoms with E-state index in [1.165, 1.54) is 0 Å². The van der Waals surface area contributed by atoms with Crippen LogP contribution in [-0.4, -0.2) is 17.1 Å². The van der Waals surface area contributed by atoms with Crippen LogP contribution in [0.2, 0.25) is 0 Å². The molecule has 4 heteroatoms. The third kappa shape index (κ3) is 1.21. The van der Waals surface area contributed by atoms with Crippen molar-refractivity contribution in [2.24, 2.45) is 22.5 Å². The number of hydrogen-bond donors (Lipinski definition) is 3. The van der Waals surface area contributed by atoms with Crippen molar-refractivity contribution >= 4 is 5.84 Å². The Bertz CT molecular complexity index is 146. The van der Waals surface area contributed by atoms with Crippen LogP contribution in [0, 0.1) is 5.92 Å². The van der Waals surface area contributed by atoms with E-state index in [-0.39, 0.29) is 17.8 Å². The zero-order chi connectivity index (χ0) is 7.56. The van der Waals surface area contributed by atoms with E-state index in [4.69, 9.17) is 16.7 Å². The average molecular weight is 143 g/mol. The van der Waals surface area contributed by atoms with Crippen molar-refractivity contribution in [1.82, 2.24) is 0 Å². The maximum atomic E-state index is 8.32. The quantitative estimate of drug-likeness (QED) is 0.207. The Morgan fingerprint density at radius 1 is 1.50 bits per heavy atom. The highest BCUT2D eigenvalue weighted by molar-refractivity contribution is 5.83. The highest BCUT2D eigenvalue weighted by atomic mass is 16.4. The highest BCUT2D eigenvalue weighted by Crippen LogP contribution is 2.23. The molecule has 10 heavy (non-hydrogen) atoms. The van der Waals surface area contributed by atoms with Gasteiger partial charge in [0.05, 0.1) is 0 Å². The van der Waals surface area contributed by atoms with Gasteiger partial charge < -0.3 is 16.7 Å². The van der Waals surface area contributed by atoms with E-state index < -0.39 is 0 Å². The molecule has 2 unspecified atom stereocenters. The van der Waals surface area contributed by atoms with E-state index in [1.54, 1.807) is 0 Å². The van der Waals surface area contributed by atoms with Crippen LogP contribution in [0.3, 0.4) is 0 Å². The Hall–Kier alpha value is -0.770. The van der Waals surface area contributed by atoms with Gasteiger partial charge in [-0.2, -0.15) is 0 Å². The fraction of sp³-hybridized carbons (Fsp3) is 0.833. The Morgan fingerprint density at radius 2 is 2.20 bits per heavy atom. The largest absolute Gasteiger partial charge is 0.409 e. The van der Waals surface area contributed by atoms with Crippen molar-refractivity contribution in [3.63, 3.8) is 0 Å². The number of nitrogens with zero attached hydrogens (tertiary/aromatic N) is 1. The highest BCUT2D eigenvalue weighted by Gasteiger charge is 2.27. The summed E-state index contributed by atoms with van der Waals surface area (Å²) in [4.78, 5) is 0. The second-order valence-corrected chi connectivity index (χ2v) is 2.73. The predicted octanol–water partition coefficient (Wildman–Crippen LogP) is -0.140. The lowest BCUT2D eigenvalue weighted by Gasteiger charge is -2.11. The fourth-order valence-electron chi connectivity index (χ4n) is 1.43. The van der Waals surface area contributed by atoms with E-state index in [1.807, 2.05) is 0 Å². The summed E-state index contributed by atoms with van der Waals surface area (Å²) in [6.45, 7) is 0. The number of rotatable bonds is 1. The Kier molecular flexibility index (Phi) is 2.11. The van der Waals surface area contributed by atoms with Crippen molar-refractivity contribution < 1.29 is 5.21 Å². The van der Waals surface area contributed by atoms with Gasteiger partial charge in [-0.25, -0.2) is 0 Å². The first-order valence-corrected chi connectivity index (χ1v) is 3.48. The van der Waals surface area contributed by atoms with Crippen LogP contribution in [0.1, 0.15) is 19.3 Å². The fourth-order valence-corrected chi connectivity index (χ4v) is 1.43. The molecule has 2 atom stereocenters. The van der Waals surface area contributed by atoms with Crippen LogP contribution in [0.15, 0.2) is 5.16 Å². The monoisotopic (exact) mass is 143 g/mol. The van der Waals surface area contributed by atoms with Crippen molar-refractivity contribution in [2.45, 2.75) is 25.3 Å². The van der Waals surface area contributed by atoms with Gasteiger partial charge in [-0.05, 0) is 12.8 Å². The maximum absolute atomic E-state index is 8.32. The third-order valence-electron chi connectivity index (χ3n) is 2.06. The van der Waals surface area contributed by atoms with Gasteiger partial charge >= 0.3 is 0 Å². The molecule has 0 heterocycles. The molecular weight excluding hydrogens is 130 g/mol. The van der Waals surface area contributed by atoms with Crippen LogP contribution in [0.25, 0.3) is 0 Å². The number of nitrogens with two attached hydrogens (primary N) is 2. The van der Waals surface area contributed by atoms with Crippen LogP contribution < -0.4 is 11.5 Å². The molecule has 0 aromatic heterocycles. The molecule has 1 fully saturated rings. The molecule has 0 aliphatic heterocycles. The first-order valence-electron chi connectivity index (χ1n) is 3.48. The normalized spacial score (nSPS) is 34.7. The van der Waals surface area contributed by atoms with Gasteiger partial charge in [0.1, 0.15) is 5.84 Å². The lowest BCUT2D eigenvalue weighted by molar-refractivity contribution is 0.313. The molecule has 5 N–H and O–H groups in total. The Balaban J connectivity index is 2.55. The van der Waals surface area contributed by atoms with Crippen LogP contribution >= 0.6 is 0 Å². The second kappa shape index (κ2) is 2.88. The summed E-state index contributed by atoms with van der Waals surface area (Å²) in [5.74, 6) is 0.384. The molecule has 0 saturated heterocycles. The summed E-state index contributed by atoms with van der Waals surface area (Å²) >= 11 is 0. The summed E-state index contributed by atoms with van der Waals surface area (Å²) in [6.07, 6.45) is 3.03. The van der Waals surface area contributed by atoms with Gasteiger partial charge in [0.25, 0.3) is 0 Å². The molecule has 0 spiro atoms. The summed E-state index contributed by atoms with van der Waals surface area (Å²) in [7, 11) is 0. The lowest BCUT2D eigenvalue weighted by atomic mass is 10.0. The Labute approximate surface area is 59.9 Å². The summed E-state index contributed by atoms with van der Waals surface area (Å²) in [6, 6.07) is 0.0934. The SMILES string of the molecule is N/C(=N\O)C1CCCC1N. The van der Waals surface area contributed by atoms with E-state index in [0.29, 0.717) is 0 Å². The van der Waals surface area contributed by atoms with Gasteiger partial charge in [0, 0.05) is 12.0 Å². The third-order valence-corrected chi connectivity index (χ3v) is 2.06. The zero-order valence-electron chi connectivity index (χ0n) is 5.83. The van der Waals surface area contributed by atoms with Crippen molar-refractivity contribution in [2.75, 3.05) is 0 Å². The summed E-state index contributed by atoms with van der Waals surface area (Å²) < 4.78 is 0. The standard InChI is InChI=1S/C6H13N3O/c7-5-3-1-2-4(5)6(8)9-10/h4-5,10H,1-3,7H2,(H2,8,9). The van der Waals surface area contributed by atoms with Gasteiger partial charge in [-0.3, -0.25) is 0 Å². The molecular formula is C6H13N3O. The molecule has 0 bridgehead atoms. The second-order valence-electron chi connectivity index (χ2n) is 2.73. The Morgan fingerprint density at radius 3 is 2.60 bits per heavy atom. The van der Waals surface area contributed by atoms with E-state index in [2.05, 4.69) is 5.16 Å². The zero-order valence-corrected chi connectivity index (χ0v) is 5.83. The molecule has 4 nitrogen and oxygen atoms in total. The molecule has 58 valence electrons. The molecule has 1 aliphatic rings. The minimum absolute atomic E-state index is 0.0934. The molecule has 0 radical (unpaired) electrons.